The number of allylic oxidation sites excluding steroid dienone is 5. The van der Waals surface area contributed by atoms with Gasteiger partial charge in [-0.3, -0.25) is 0 Å². The highest BCUT2D eigenvalue weighted by atomic mass is 19.1. The van der Waals surface area contributed by atoms with Crippen LogP contribution in [0.1, 0.15) is 31.9 Å². The van der Waals surface area contributed by atoms with E-state index in [-0.39, 0.29) is 5.56 Å². The molecule has 0 saturated heterocycles. The largest absolute Gasteiger partial charge is 0.321 e. The van der Waals surface area contributed by atoms with Gasteiger partial charge >= 0.3 is 0 Å². The Morgan fingerprint density at radius 3 is 2.19 bits per heavy atom. The van der Waals surface area contributed by atoms with Crippen LogP contribution in [0.15, 0.2) is 54.0 Å². The molecule has 0 amide bonds. The lowest BCUT2D eigenvalue weighted by atomic mass is 10.0. The number of aryl methyl sites for hydroxylation is 1. The average molecular weight is 287 g/mol. The van der Waals surface area contributed by atoms with Gasteiger partial charge in [0.2, 0.25) is 0 Å². The Labute approximate surface area is 124 Å². The number of halogens is 2. The van der Waals surface area contributed by atoms with Crippen LogP contribution in [-0.2, 0) is 0 Å². The zero-order chi connectivity index (χ0) is 15.7. The van der Waals surface area contributed by atoms with Crippen molar-refractivity contribution in [3.8, 4) is 0 Å². The number of nitrogens with zero attached hydrogens (tertiary/aromatic N) is 1. The summed E-state index contributed by atoms with van der Waals surface area (Å²) in [4.78, 5) is 1.83. The first kappa shape index (κ1) is 15.2. The Hall–Kier alpha value is -2.16. The van der Waals surface area contributed by atoms with Crippen molar-refractivity contribution in [2.24, 2.45) is 0 Å². The van der Waals surface area contributed by atoms with Gasteiger partial charge in [-0.2, -0.15) is 0 Å². The Kier molecular flexibility index (Phi) is 4.12. The van der Waals surface area contributed by atoms with Crippen LogP contribution >= 0.6 is 0 Å². The average Bonchev–Trinajstić information content (AvgIpc) is 2.36. The Morgan fingerprint density at radius 1 is 1.10 bits per heavy atom. The summed E-state index contributed by atoms with van der Waals surface area (Å²) in [6.45, 7) is 11.2. The van der Waals surface area contributed by atoms with Gasteiger partial charge in [-0.15, -0.1) is 0 Å². The minimum absolute atomic E-state index is 0.0191. The zero-order valence-corrected chi connectivity index (χ0v) is 12.8. The van der Waals surface area contributed by atoms with Gasteiger partial charge in [-0.1, -0.05) is 6.58 Å². The van der Waals surface area contributed by atoms with Crippen molar-refractivity contribution in [1.82, 2.24) is 4.90 Å². The van der Waals surface area contributed by atoms with E-state index in [4.69, 9.17) is 0 Å². The molecule has 0 aromatic heterocycles. The molecule has 1 aliphatic rings. The molecule has 0 N–H and O–H groups in total. The van der Waals surface area contributed by atoms with Gasteiger partial charge in [0, 0.05) is 17.6 Å². The molecule has 0 fully saturated rings. The maximum Gasteiger partial charge on any atom is 0.133 e. The van der Waals surface area contributed by atoms with E-state index >= 15 is 0 Å². The molecule has 0 atom stereocenters. The third-order valence-corrected chi connectivity index (χ3v) is 3.66. The molecule has 0 radical (unpaired) electrons. The molecule has 0 bridgehead atoms. The molecule has 0 aliphatic carbocycles. The van der Waals surface area contributed by atoms with E-state index in [1.54, 1.807) is 13.8 Å². The standard InChI is InChI=1S/C18H19F2N/c1-11-6-7-21(13(3)8-11)15(5)14(4)18-16(19)9-12(2)10-17(18)20/h6-10H,3H2,1-2,4-5H3/b15-14+. The molecule has 1 aromatic rings. The van der Waals surface area contributed by atoms with Crippen molar-refractivity contribution in [2.75, 3.05) is 0 Å². The molecule has 0 saturated carbocycles. The summed E-state index contributed by atoms with van der Waals surface area (Å²) in [6, 6.07) is 2.69. The molecule has 1 aliphatic heterocycles. The highest BCUT2D eigenvalue weighted by Gasteiger charge is 2.17. The third-order valence-electron chi connectivity index (χ3n) is 3.66. The summed E-state index contributed by atoms with van der Waals surface area (Å²) in [6.07, 6.45) is 5.73. The second-order valence-corrected chi connectivity index (χ2v) is 5.38. The fourth-order valence-electron chi connectivity index (χ4n) is 2.42. The van der Waals surface area contributed by atoms with Gasteiger partial charge in [0.1, 0.15) is 11.6 Å². The van der Waals surface area contributed by atoms with E-state index in [0.717, 1.165) is 17.0 Å². The first-order valence-electron chi connectivity index (χ1n) is 6.79. The molecule has 2 rings (SSSR count). The molecule has 21 heavy (non-hydrogen) atoms. The SMILES string of the molecule is C=C1C=C(C)C=CN1/C(C)=C(\C)c1c(F)cc(C)cc1F. The van der Waals surface area contributed by atoms with Gasteiger partial charge in [0.05, 0.1) is 5.56 Å². The van der Waals surface area contributed by atoms with E-state index < -0.39 is 11.6 Å². The van der Waals surface area contributed by atoms with Crippen LogP contribution in [0.25, 0.3) is 5.57 Å². The Morgan fingerprint density at radius 2 is 1.67 bits per heavy atom. The first-order chi connectivity index (χ1) is 9.81. The highest BCUT2D eigenvalue weighted by molar-refractivity contribution is 5.68. The van der Waals surface area contributed by atoms with Crippen LogP contribution in [0.5, 0.6) is 0 Å². The van der Waals surface area contributed by atoms with Gasteiger partial charge in [0.25, 0.3) is 0 Å². The lowest BCUT2D eigenvalue weighted by molar-refractivity contribution is 0.566. The summed E-state index contributed by atoms with van der Waals surface area (Å²) in [5, 5.41) is 0. The van der Waals surface area contributed by atoms with E-state index in [0.29, 0.717) is 11.1 Å². The first-order valence-corrected chi connectivity index (χ1v) is 6.79. The molecule has 110 valence electrons. The van der Waals surface area contributed by atoms with Crippen LogP contribution in [0, 0.1) is 18.6 Å². The molecule has 1 nitrogen and oxygen atoms in total. The van der Waals surface area contributed by atoms with Gasteiger partial charge in [0.15, 0.2) is 0 Å². The summed E-state index contributed by atoms with van der Waals surface area (Å²) in [5.74, 6) is -1.08. The van der Waals surface area contributed by atoms with E-state index in [1.807, 2.05) is 37.1 Å². The van der Waals surface area contributed by atoms with Crippen molar-refractivity contribution < 1.29 is 8.78 Å². The molecule has 3 heteroatoms. The fourth-order valence-corrected chi connectivity index (χ4v) is 2.42. The van der Waals surface area contributed by atoms with E-state index in [9.17, 15) is 8.78 Å². The molecule has 1 aromatic carbocycles. The van der Waals surface area contributed by atoms with Crippen molar-refractivity contribution in [1.29, 1.82) is 0 Å². The zero-order valence-electron chi connectivity index (χ0n) is 12.8. The fraction of sp³-hybridized carbons (Fsp3) is 0.222. The lowest BCUT2D eigenvalue weighted by Gasteiger charge is -2.27. The van der Waals surface area contributed by atoms with Crippen molar-refractivity contribution in [3.05, 3.63) is 76.8 Å². The Bertz CT molecular complexity index is 670. The van der Waals surface area contributed by atoms with Crippen LogP contribution in [0.3, 0.4) is 0 Å². The summed E-state index contributed by atoms with van der Waals surface area (Å²) < 4.78 is 28.2. The molecular formula is C18H19F2N. The van der Waals surface area contributed by atoms with Crippen LogP contribution in [-0.4, -0.2) is 4.90 Å². The molecule has 0 unspecified atom stereocenters. The highest BCUT2D eigenvalue weighted by Crippen LogP contribution is 2.30. The molecular weight excluding hydrogens is 268 g/mol. The normalized spacial score (nSPS) is 16.0. The number of benzene rings is 1. The molecule has 0 spiro atoms. The summed E-state index contributed by atoms with van der Waals surface area (Å²) in [5.41, 5.74) is 3.77. The van der Waals surface area contributed by atoms with Crippen molar-refractivity contribution >= 4 is 5.57 Å². The molecule has 1 heterocycles. The topological polar surface area (TPSA) is 3.24 Å². The van der Waals surface area contributed by atoms with Crippen LogP contribution in [0.4, 0.5) is 8.78 Å². The second-order valence-electron chi connectivity index (χ2n) is 5.38. The monoisotopic (exact) mass is 287 g/mol. The third kappa shape index (κ3) is 2.97. The van der Waals surface area contributed by atoms with Crippen LogP contribution < -0.4 is 0 Å². The maximum absolute atomic E-state index is 14.1. The minimum Gasteiger partial charge on any atom is -0.321 e. The summed E-state index contributed by atoms with van der Waals surface area (Å²) >= 11 is 0. The predicted molar refractivity (Wildman–Crippen MR) is 83.2 cm³/mol. The van der Waals surface area contributed by atoms with Gasteiger partial charge in [-0.05, 0) is 68.7 Å². The van der Waals surface area contributed by atoms with Crippen molar-refractivity contribution in [2.45, 2.75) is 27.7 Å². The lowest BCUT2D eigenvalue weighted by Crippen LogP contribution is -2.16. The van der Waals surface area contributed by atoms with E-state index in [1.165, 1.54) is 12.1 Å². The number of hydrogen-bond donors (Lipinski definition) is 0. The van der Waals surface area contributed by atoms with Gasteiger partial charge < -0.3 is 4.90 Å². The minimum atomic E-state index is -0.539. The maximum atomic E-state index is 14.1. The van der Waals surface area contributed by atoms with E-state index in [2.05, 4.69) is 6.58 Å². The quantitative estimate of drug-likeness (QED) is 0.712. The number of hydrogen-bond acceptors (Lipinski definition) is 1. The summed E-state index contributed by atoms with van der Waals surface area (Å²) in [7, 11) is 0. The predicted octanol–water partition coefficient (Wildman–Crippen LogP) is 5.31. The smallest absolute Gasteiger partial charge is 0.133 e. The van der Waals surface area contributed by atoms with Crippen LogP contribution in [0.2, 0.25) is 0 Å². The number of rotatable bonds is 2. The van der Waals surface area contributed by atoms with Crippen molar-refractivity contribution in [3.63, 3.8) is 0 Å². The Balaban J connectivity index is 2.50. The van der Waals surface area contributed by atoms with Gasteiger partial charge in [-0.25, -0.2) is 8.78 Å². The second kappa shape index (κ2) is 5.68.